The second-order valence-corrected chi connectivity index (χ2v) is 4.37. The van der Waals surface area contributed by atoms with Gasteiger partial charge in [-0.2, -0.15) is 0 Å². The number of hydrogen-bond acceptors (Lipinski definition) is 3. The lowest BCUT2D eigenvalue weighted by molar-refractivity contribution is 0.0881. The van der Waals surface area contributed by atoms with E-state index in [1.807, 2.05) is 26.1 Å². The third kappa shape index (κ3) is 2.79. The van der Waals surface area contributed by atoms with E-state index in [2.05, 4.69) is 17.4 Å². The van der Waals surface area contributed by atoms with Gasteiger partial charge in [-0.05, 0) is 26.5 Å². The van der Waals surface area contributed by atoms with Gasteiger partial charge in [0.25, 0.3) is 0 Å². The molecule has 0 aliphatic carbocycles. The Morgan fingerprint density at radius 3 is 3.00 bits per heavy atom. The lowest BCUT2D eigenvalue weighted by Crippen LogP contribution is -2.21. The van der Waals surface area contributed by atoms with Crippen molar-refractivity contribution in [1.29, 1.82) is 0 Å². The molecule has 1 aromatic carbocycles. The Morgan fingerprint density at radius 1 is 1.41 bits per heavy atom. The van der Waals surface area contributed by atoms with Gasteiger partial charge in [-0.1, -0.05) is 18.2 Å². The first-order chi connectivity index (χ1) is 8.36. The van der Waals surface area contributed by atoms with Crippen LogP contribution in [0.15, 0.2) is 24.3 Å². The van der Waals surface area contributed by atoms with Gasteiger partial charge >= 0.3 is 0 Å². The Morgan fingerprint density at radius 2 is 2.24 bits per heavy atom. The van der Waals surface area contributed by atoms with Crippen molar-refractivity contribution in [2.24, 2.45) is 5.92 Å². The number of hydrogen-bond donors (Lipinski definition) is 1. The summed E-state index contributed by atoms with van der Waals surface area (Å²) in [4.78, 5) is 0. The van der Waals surface area contributed by atoms with E-state index in [0.29, 0.717) is 12.5 Å². The minimum atomic E-state index is 0.171. The van der Waals surface area contributed by atoms with Crippen LogP contribution >= 0.6 is 0 Å². The summed E-state index contributed by atoms with van der Waals surface area (Å²) in [5.41, 5.74) is 1.19. The number of nitrogens with one attached hydrogen (secondary N) is 1. The highest BCUT2D eigenvalue weighted by atomic mass is 16.5. The van der Waals surface area contributed by atoms with Crippen molar-refractivity contribution in [3.05, 3.63) is 29.8 Å². The first-order valence-corrected chi connectivity index (χ1v) is 6.34. The van der Waals surface area contributed by atoms with Crippen LogP contribution in [0.3, 0.4) is 0 Å². The van der Waals surface area contributed by atoms with Crippen LogP contribution in [0.2, 0.25) is 0 Å². The maximum atomic E-state index is 5.87. The van der Waals surface area contributed by atoms with Crippen molar-refractivity contribution in [3.8, 4) is 5.75 Å². The molecule has 2 unspecified atom stereocenters. The van der Waals surface area contributed by atoms with Gasteiger partial charge in [-0.25, -0.2) is 0 Å². The Bertz CT molecular complexity index is 354. The van der Waals surface area contributed by atoms with Crippen molar-refractivity contribution < 1.29 is 9.47 Å². The van der Waals surface area contributed by atoms with Gasteiger partial charge in [0.2, 0.25) is 0 Å². The molecule has 0 amide bonds. The van der Waals surface area contributed by atoms with Crippen LogP contribution in [-0.4, -0.2) is 26.8 Å². The van der Waals surface area contributed by atoms with Crippen LogP contribution < -0.4 is 10.1 Å². The Balaban J connectivity index is 2.20. The van der Waals surface area contributed by atoms with Crippen LogP contribution in [0.4, 0.5) is 0 Å². The predicted molar refractivity (Wildman–Crippen MR) is 68.3 cm³/mol. The van der Waals surface area contributed by atoms with Gasteiger partial charge < -0.3 is 14.8 Å². The highest BCUT2D eigenvalue weighted by Gasteiger charge is 2.30. The fourth-order valence-corrected chi connectivity index (χ4v) is 2.45. The van der Waals surface area contributed by atoms with Gasteiger partial charge in [-0.15, -0.1) is 0 Å². The number of benzene rings is 1. The van der Waals surface area contributed by atoms with Crippen molar-refractivity contribution in [3.63, 3.8) is 0 Å². The van der Waals surface area contributed by atoms with Crippen LogP contribution in [0, 0.1) is 5.92 Å². The fourth-order valence-electron chi connectivity index (χ4n) is 2.45. The molecular formula is C14H21NO2. The summed E-state index contributed by atoms with van der Waals surface area (Å²) < 4.78 is 11.5. The summed E-state index contributed by atoms with van der Waals surface area (Å²) >= 11 is 0. The third-order valence-corrected chi connectivity index (χ3v) is 3.21. The average Bonchev–Trinajstić information content (AvgIpc) is 2.79. The summed E-state index contributed by atoms with van der Waals surface area (Å²) in [7, 11) is 1.99. The van der Waals surface area contributed by atoms with E-state index in [1.54, 1.807) is 0 Å². The SMILES string of the molecule is CCOc1ccccc1C1OCCC1CNC. The summed E-state index contributed by atoms with van der Waals surface area (Å²) in [5.74, 6) is 1.50. The number of ether oxygens (including phenoxy) is 2. The summed E-state index contributed by atoms with van der Waals surface area (Å²) in [6.45, 7) is 4.54. The lowest BCUT2D eigenvalue weighted by atomic mass is 9.94. The molecule has 3 nitrogen and oxygen atoms in total. The van der Waals surface area contributed by atoms with Gasteiger partial charge in [0.1, 0.15) is 5.75 Å². The minimum absolute atomic E-state index is 0.171. The molecule has 0 radical (unpaired) electrons. The van der Waals surface area contributed by atoms with Crippen LogP contribution in [-0.2, 0) is 4.74 Å². The van der Waals surface area contributed by atoms with E-state index in [9.17, 15) is 0 Å². The molecule has 94 valence electrons. The maximum Gasteiger partial charge on any atom is 0.125 e. The summed E-state index contributed by atoms with van der Waals surface area (Å²) in [6.07, 6.45) is 1.29. The molecule has 1 aliphatic rings. The van der Waals surface area contributed by atoms with Crippen molar-refractivity contribution in [1.82, 2.24) is 5.32 Å². The molecule has 0 bridgehead atoms. The highest BCUT2D eigenvalue weighted by molar-refractivity contribution is 5.36. The molecule has 17 heavy (non-hydrogen) atoms. The number of para-hydroxylation sites is 1. The standard InChI is InChI=1S/C14H21NO2/c1-3-16-13-7-5-4-6-12(13)14-11(10-15-2)8-9-17-14/h4-7,11,14-15H,3,8-10H2,1-2H3. The van der Waals surface area contributed by atoms with Crippen LogP contribution in [0.25, 0.3) is 0 Å². The molecule has 3 heteroatoms. The topological polar surface area (TPSA) is 30.5 Å². The molecular weight excluding hydrogens is 214 g/mol. The molecule has 0 spiro atoms. The van der Waals surface area contributed by atoms with Gasteiger partial charge in [-0.3, -0.25) is 0 Å². The van der Waals surface area contributed by atoms with Gasteiger partial charge in [0.05, 0.1) is 12.7 Å². The van der Waals surface area contributed by atoms with E-state index in [0.717, 1.165) is 25.3 Å². The Labute approximate surface area is 103 Å². The van der Waals surface area contributed by atoms with Crippen LogP contribution in [0.5, 0.6) is 5.75 Å². The molecule has 0 aromatic heterocycles. The monoisotopic (exact) mass is 235 g/mol. The molecule has 1 N–H and O–H groups in total. The summed E-state index contributed by atoms with van der Waals surface area (Å²) in [5, 5.41) is 3.24. The Kier molecular flexibility index (Phi) is 4.40. The zero-order valence-corrected chi connectivity index (χ0v) is 10.6. The van der Waals surface area contributed by atoms with E-state index >= 15 is 0 Å². The van der Waals surface area contributed by atoms with Crippen molar-refractivity contribution in [2.45, 2.75) is 19.4 Å². The molecule has 1 heterocycles. The largest absolute Gasteiger partial charge is 0.493 e. The quantitative estimate of drug-likeness (QED) is 0.850. The average molecular weight is 235 g/mol. The van der Waals surface area contributed by atoms with E-state index in [-0.39, 0.29) is 6.10 Å². The van der Waals surface area contributed by atoms with Crippen molar-refractivity contribution >= 4 is 0 Å². The van der Waals surface area contributed by atoms with Gasteiger partial charge in [0, 0.05) is 24.6 Å². The second kappa shape index (κ2) is 6.03. The van der Waals surface area contributed by atoms with Crippen molar-refractivity contribution in [2.75, 3.05) is 26.8 Å². The third-order valence-electron chi connectivity index (χ3n) is 3.21. The molecule has 1 fully saturated rings. The highest BCUT2D eigenvalue weighted by Crippen LogP contribution is 2.38. The zero-order valence-electron chi connectivity index (χ0n) is 10.6. The molecule has 2 atom stereocenters. The number of rotatable bonds is 5. The molecule has 1 aromatic rings. The molecule has 1 saturated heterocycles. The first-order valence-electron chi connectivity index (χ1n) is 6.34. The second-order valence-electron chi connectivity index (χ2n) is 4.37. The van der Waals surface area contributed by atoms with E-state index in [4.69, 9.17) is 9.47 Å². The first kappa shape index (κ1) is 12.4. The summed E-state index contributed by atoms with van der Waals surface area (Å²) in [6, 6.07) is 8.20. The fraction of sp³-hybridized carbons (Fsp3) is 0.571. The van der Waals surface area contributed by atoms with E-state index < -0.39 is 0 Å². The van der Waals surface area contributed by atoms with Crippen LogP contribution in [0.1, 0.15) is 25.0 Å². The Hall–Kier alpha value is -1.06. The van der Waals surface area contributed by atoms with Gasteiger partial charge in [0.15, 0.2) is 0 Å². The molecule has 0 saturated carbocycles. The predicted octanol–water partition coefficient (Wildman–Crippen LogP) is 2.38. The minimum Gasteiger partial charge on any atom is -0.493 e. The smallest absolute Gasteiger partial charge is 0.125 e. The lowest BCUT2D eigenvalue weighted by Gasteiger charge is -2.21. The van der Waals surface area contributed by atoms with E-state index in [1.165, 1.54) is 5.56 Å². The molecule has 1 aliphatic heterocycles. The normalized spacial score (nSPS) is 23.9. The maximum absolute atomic E-state index is 5.87. The molecule has 2 rings (SSSR count). The zero-order chi connectivity index (χ0) is 12.1.